The second kappa shape index (κ2) is 9.95. The quantitative estimate of drug-likeness (QED) is 0.496. The first-order valence-electron chi connectivity index (χ1n) is 7.80. The molecule has 0 unspecified atom stereocenters. The summed E-state index contributed by atoms with van der Waals surface area (Å²) in [4.78, 5) is 4.44. The average Bonchev–Trinajstić information content (AvgIpc) is 2.52. The smallest absolute Gasteiger partial charge is 0.0397 e. The molecule has 0 amide bonds. The Bertz CT molecular complexity index is 541. The number of rotatable bonds is 6. The largest absolute Gasteiger partial charge is 0.313 e. The van der Waals surface area contributed by atoms with Crippen LogP contribution in [-0.4, -0.2) is 13.3 Å². The molecule has 0 aliphatic carbocycles. The average molecular weight is 410 g/mol. The maximum absolute atomic E-state index is 4.44. The molecule has 1 aromatic rings. The lowest BCUT2D eigenvalue weighted by Crippen LogP contribution is -2.16. The highest BCUT2D eigenvalue weighted by Crippen LogP contribution is 2.22. The van der Waals surface area contributed by atoms with E-state index in [2.05, 4.69) is 60.6 Å². The molecule has 0 aromatic heterocycles. The van der Waals surface area contributed by atoms with Crippen molar-refractivity contribution in [1.29, 1.82) is 0 Å². The van der Waals surface area contributed by atoms with Crippen LogP contribution in [0.5, 0.6) is 0 Å². The van der Waals surface area contributed by atoms with E-state index in [0.717, 1.165) is 25.7 Å². The van der Waals surface area contributed by atoms with E-state index in [1.54, 1.807) is 0 Å². The van der Waals surface area contributed by atoms with Gasteiger partial charge in [0.05, 0.1) is 0 Å². The van der Waals surface area contributed by atoms with E-state index in [1.807, 2.05) is 13.3 Å². The molecule has 1 aliphatic heterocycles. The van der Waals surface area contributed by atoms with E-state index < -0.39 is 0 Å². The van der Waals surface area contributed by atoms with Crippen molar-refractivity contribution in [1.82, 2.24) is 5.32 Å². The van der Waals surface area contributed by atoms with Crippen molar-refractivity contribution in [2.75, 3.05) is 7.05 Å². The molecule has 2 rings (SSSR count). The summed E-state index contributed by atoms with van der Waals surface area (Å²) in [7, 11) is 2.03. The van der Waals surface area contributed by atoms with Crippen LogP contribution in [0.3, 0.4) is 0 Å². The number of aliphatic imine (C=N–C) groups is 1. The summed E-state index contributed by atoms with van der Waals surface area (Å²) in [6.45, 7) is 4.34. The number of halogens is 1. The molecule has 1 atom stereocenters. The molecule has 1 N–H and O–H groups in total. The third-order valence-corrected chi connectivity index (χ3v) is 3.95. The van der Waals surface area contributed by atoms with Crippen LogP contribution in [-0.2, 0) is 0 Å². The second-order valence-electron chi connectivity index (χ2n) is 5.80. The van der Waals surface area contributed by atoms with Gasteiger partial charge in [-0.1, -0.05) is 47.6 Å². The first-order valence-corrected chi connectivity index (χ1v) is 7.80. The van der Waals surface area contributed by atoms with Crippen LogP contribution in [0, 0.1) is 6.92 Å². The lowest BCUT2D eigenvalue weighted by Gasteiger charge is -2.17. The summed E-state index contributed by atoms with van der Waals surface area (Å²) in [5.41, 5.74) is 5.28. The van der Waals surface area contributed by atoms with Crippen LogP contribution in [0.4, 0.5) is 0 Å². The fourth-order valence-electron chi connectivity index (χ4n) is 2.56. The third-order valence-electron chi connectivity index (χ3n) is 3.95. The minimum atomic E-state index is 0. The van der Waals surface area contributed by atoms with Crippen molar-refractivity contribution in [2.45, 2.75) is 45.6 Å². The fourth-order valence-corrected chi connectivity index (χ4v) is 2.56. The Morgan fingerprint density at radius 1 is 1.27 bits per heavy atom. The molecule has 2 nitrogen and oxygen atoms in total. The zero-order valence-corrected chi connectivity index (χ0v) is 16.1. The van der Waals surface area contributed by atoms with E-state index in [0.29, 0.717) is 6.04 Å². The maximum atomic E-state index is 4.44. The summed E-state index contributed by atoms with van der Waals surface area (Å²) in [6.07, 6.45) is 10.8. The third kappa shape index (κ3) is 6.05. The normalized spacial score (nSPS) is 16.0. The van der Waals surface area contributed by atoms with Gasteiger partial charge in [-0.2, -0.15) is 0 Å². The SMILES string of the molecule is CN[C@@H](C/C(C)=C\CC1=CCCC=N1)c1ccc(C)cc1.I. The Balaban J connectivity index is 0.00000242. The van der Waals surface area contributed by atoms with Gasteiger partial charge in [-0.25, -0.2) is 0 Å². The molecule has 0 saturated heterocycles. The number of hydrogen-bond acceptors (Lipinski definition) is 2. The zero-order chi connectivity index (χ0) is 15.1. The van der Waals surface area contributed by atoms with Crippen molar-refractivity contribution in [3.63, 3.8) is 0 Å². The zero-order valence-electron chi connectivity index (χ0n) is 13.8. The van der Waals surface area contributed by atoms with Gasteiger partial charge in [0.15, 0.2) is 0 Å². The Morgan fingerprint density at radius 3 is 2.59 bits per heavy atom. The second-order valence-corrected chi connectivity index (χ2v) is 5.80. The van der Waals surface area contributed by atoms with Crippen molar-refractivity contribution in [3.05, 3.63) is 58.8 Å². The fraction of sp³-hybridized carbons (Fsp3) is 0.421. The van der Waals surface area contributed by atoms with Gasteiger partial charge in [-0.3, -0.25) is 4.99 Å². The highest BCUT2D eigenvalue weighted by Gasteiger charge is 2.09. The van der Waals surface area contributed by atoms with Gasteiger partial charge in [-0.15, -0.1) is 24.0 Å². The molecule has 22 heavy (non-hydrogen) atoms. The first-order chi connectivity index (χ1) is 10.2. The van der Waals surface area contributed by atoms with Crippen LogP contribution < -0.4 is 5.32 Å². The van der Waals surface area contributed by atoms with E-state index in [4.69, 9.17) is 0 Å². The van der Waals surface area contributed by atoms with Gasteiger partial charge in [0.2, 0.25) is 0 Å². The Morgan fingerprint density at radius 2 is 2.00 bits per heavy atom. The van der Waals surface area contributed by atoms with Gasteiger partial charge < -0.3 is 5.32 Å². The summed E-state index contributed by atoms with van der Waals surface area (Å²) in [6, 6.07) is 9.18. The lowest BCUT2D eigenvalue weighted by atomic mass is 9.98. The van der Waals surface area contributed by atoms with Crippen LogP contribution in [0.2, 0.25) is 0 Å². The van der Waals surface area contributed by atoms with Gasteiger partial charge in [-0.05, 0) is 45.7 Å². The van der Waals surface area contributed by atoms with Crippen molar-refractivity contribution in [2.24, 2.45) is 4.99 Å². The summed E-state index contributed by atoms with van der Waals surface area (Å²) in [5, 5.41) is 3.42. The molecule has 0 fully saturated rings. The maximum Gasteiger partial charge on any atom is 0.0397 e. The molecular formula is C19H27IN2. The Kier molecular flexibility index (Phi) is 8.64. The molecule has 0 spiro atoms. The highest BCUT2D eigenvalue weighted by molar-refractivity contribution is 14.0. The molecule has 1 aromatic carbocycles. The number of aryl methyl sites for hydroxylation is 1. The number of allylic oxidation sites excluding steroid dienone is 2. The van der Waals surface area contributed by atoms with Crippen molar-refractivity contribution < 1.29 is 0 Å². The highest BCUT2D eigenvalue weighted by atomic mass is 127. The first kappa shape index (κ1) is 19.1. The van der Waals surface area contributed by atoms with E-state index in [-0.39, 0.29) is 24.0 Å². The van der Waals surface area contributed by atoms with Gasteiger partial charge in [0.25, 0.3) is 0 Å². The molecule has 1 heterocycles. The molecule has 120 valence electrons. The van der Waals surface area contributed by atoms with Crippen LogP contribution in [0.1, 0.15) is 49.8 Å². The molecule has 1 aliphatic rings. The number of nitrogens with one attached hydrogen (secondary N) is 1. The van der Waals surface area contributed by atoms with E-state index >= 15 is 0 Å². The topological polar surface area (TPSA) is 24.4 Å². The predicted molar refractivity (Wildman–Crippen MR) is 107 cm³/mol. The summed E-state index contributed by atoms with van der Waals surface area (Å²) >= 11 is 0. The summed E-state index contributed by atoms with van der Waals surface area (Å²) in [5.74, 6) is 0. The monoisotopic (exact) mass is 410 g/mol. The van der Waals surface area contributed by atoms with Gasteiger partial charge in [0.1, 0.15) is 0 Å². The van der Waals surface area contributed by atoms with E-state index in [9.17, 15) is 0 Å². The van der Waals surface area contributed by atoms with Gasteiger partial charge >= 0.3 is 0 Å². The molecule has 3 heteroatoms. The standard InChI is InChI=1S/C19H26N2.HI/c1-15-7-10-17(11-8-15)19(20-3)14-16(2)9-12-18-6-4-5-13-21-18;/h6-11,13,19-20H,4-5,12,14H2,1-3H3;1H/b16-9-;/t19-;/m0./s1. The van der Waals surface area contributed by atoms with Crippen LogP contribution in [0.15, 0.2) is 52.7 Å². The Hall–Kier alpha value is -0.940. The van der Waals surface area contributed by atoms with E-state index in [1.165, 1.54) is 22.4 Å². The van der Waals surface area contributed by atoms with Crippen molar-refractivity contribution in [3.8, 4) is 0 Å². The van der Waals surface area contributed by atoms with Crippen molar-refractivity contribution >= 4 is 30.2 Å². The minimum absolute atomic E-state index is 0. The molecule has 0 radical (unpaired) electrons. The summed E-state index contributed by atoms with van der Waals surface area (Å²) < 4.78 is 0. The van der Waals surface area contributed by atoms with Crippen LogP contribution in [0.25, 0.3) is 0 Å². The Labute approximate surface area is 151 Å². The number of hydrogen-bond donors (Lipinski definition) is 1. The van der Waals surface area contributed by atoms with Gasteiger partial charge in [0, 0.05) is 24.4 Å². The number of benzene rings is 1. The molecular weight excluding hydrogens is 383 g/mol. The predicted octanol–water partition coefficient (Wildman–Crippen LogP) is 5.35. The lowest BCUT2D eigenvalue weighted by molar-refractivity contribution is 0.588. The minimum Gasteiger partial charge on any atom is -0.313 e. The van der Waals surface area contributed by atoms with Crippen LogP contribution >= 0.6 is 24.0 Å². The number of nitrogens with zero attached hydrogens (tertiary/aromatic N) is 1. The molecule has 0 saturated carbocycles. The molecule has 0 bridgehead atoms.